The zero-order chi connectivity index (χ0) is 26.8. The van der Waals surface area contributed by atoms with Gasteiger partial charge in [-0.1, -0.05) is 32.4 Å². The van der Waals surface area contributed by atoms with Crippen LogP contribution in [0.5, 0.6) is 0 Å². The van der Waals surface area contributed by atoms with Crippen molar-refractivity contribution in [3.05, 3.63) is 23.0 Å². The largest absolute Gasteiger partial charge is 0.491 e. The fourth-order valence-corrected chi connectivity index (χ4v) is 9.93. The summed E-state index contributed by atoms with van der Waals surface area (Å²) in [7, 11) is 0. The molecular weight excluding hydrogens is 462 g/mol. The summed E-state index contributed by atoms with van der Waals surface area (Å²) in [4.78, 5) is 22.9. The van der Waals surface area contributed by atoms with Gasteiger partial charge in [0.05, 0.1) is 5.76 Å². The van der Waals surface area contributed by atoms with Crippen LogP contribution in [0.3, 0.4) is 0 Å². The number of carbonyl (C=O) groups excluding carboxylic acids is 2. The standard InChI is InChI=1S/C32H49NO4/c1-19(18-33-21(3)34)8-11-28-20(2)29-31(6)15-13-26-25(27(31)17-32(29,7)37-28)10-9-23-16-24(36-22(4)35)12-14-30(23,26)5/h9,19,24-27,29H,8,10-18H2,1-7H3,(H,33,34)/t19-,24+,25+,26-,27-,29+,30+,31+,32+/m1/s1. The third-order valence-corrected chi connectivity index (χ3v) is 11.5. The van der Waals surface area contributed by atoms with Gasteiger partial charge in [-0.3, -0.25) is 9.59 Å². The first-order chi connectivity index (χ1) is 17.4. The average molecular weight is 512 g/mol. The number of allylic oxidation sites excluding steroid dienone is 2. The molecule has 0 radical (unpaired) electrons. The highest BCUT2D eigenvalue weighted by Crippen LogP contribution is 2.71. The van der Waals surface area contributed by atoms with E-state index in [2.05, 4.69) is 46.0 Å². The zero-order valence-corrected chi connectivity index (χ0v) is 24.2. The molecule has 1 amide bonds. The first-order valence-electron chi connectivity index (χ1n) is 14.9. The Morgan fingerprint density at radius 2 is 1.92 bits per heavy atom. The number of fused-ring (bicyclic) bond motifs is 7. The zero-order valence-electron chi connectivity index (χ0n) is 24.2. The van der Waals surface area contributed by atoms with Crippen molar-refractivity contribution in [2.24, 2.45) is 40.4 Å². The van der Waals surface area contributed by atoms with Crippen LogP contribution in [0.15, 0.2) is 23.0 Å². The third kappa shape index (κ3) is 4.46. The minimum atomic E-state index is -0.146. The van der Waals surface area contributed by atoms with E-state index in [1.54, 1.807) is 12.5 Å². The van der Waals surface area contributed by atoms with E-state index in [4.69, 9.17) is 9.47 Å². The monoisotopic (exact) mass is 511 g/mol. The van der Waals surface area contributed by atoms with Gasteiger partial charge in [0.25, 0.3) is 0 Å². The van der Waals surface area contributed by atoms with Crippen molar-refractivity contribution < 1.29 is 19.1 Å². The molecule has 0 aromatic rings. The summed E-state index contributed by atoms with van der Waals surface area (Å²) in [5.41, 5.74) is 3.51. The van der Waals surface area contributed by atoms with Gasteiger partial charge < -0.3 is 14.8 Å². The highest BCUT2D eigenvalue weighted by molar-refractivity contribution is 5.72. The van der Waals surface area contributed by atoms with Crippen LogP contribution in [-0.4, -0.2) is 30.1 Å². The van der Waals surface area contributed by atoms with Gasteiger partial charge in [0.2, 0.25) is 5.91 Å². The Kier molecular flexibility index (Phi) is 6.85. The highest BCUT2D eigenvalue weighted by Gasteiger charge is 2.67. The van der Waals surface area contributed by atoms with Gasteiger partial charge in [0.1, 0.15) is 11.7 Å². The lowest BCUT2D eigenvalue weighted by atomic mass is 9.47. The Labute approximate surface area is 224 Å². The van der Waals surface area contributed by atoms with Gasteiger partial charge in [0, 0.05) is 39.2 Å². The molecule has 1 aliphatic heterocycles. The smallest absolute Gasteiger partial charge is 0.302 e. The topological polar surface area (TPSA) is 64.6 Å². The molecule has 5 nitrogen and oxygen atoms in total. The minimum absolute atomic E-state index is 0.0481. The molecule has 1 heterocycles. The molecule has 5 aliphatic rings. The SMILES string of the molecule is CC(=O)NC[C@H](C)CCC1=C(C)[C@H]2[C@@]3(C)CC[C@@H]4[C@H](CC=C5C[C@@H](OC(C)=O)CC[C@@]54C)[C@H]3C[C@]2(C)O1. The molecule has 0 aromatic heterocycles. The van der Waals surface area contributed by atoms with Crippen molar-refractivity contribution in [2.75, 3.05) is 6.54 Å². The summed E-state index contributed by atoms with van der Waals surface area (Å²) < 4.78 is 12.5. The quantitative estimate of drug-likeness (QED) is 0.317. The molecule has 0 aromatic carbocycles. The molecule has 0 spiro atoms. The van der Waals surface area contributed by atoms with Gasteiger partial charge >= 0.3 is 5.97 Å². The molecule has 0 saturated heterocycles. The minimum Gasteiger partial charge on any atom is -0.491 e. The summed E-state index contributed by atoms with van der Waals surface area (Å²) in [6.45, 7) is 15.9. The van der Waals surface area contributed by atoms with E-state index < -0.39 is 0 Å². The molecular formula is C32H49NO4. The molecule has 0 bridgehead atoms. The van der Waals surface area contributed by atoms with Crippen LogP contribution in [0.25, 0.3) is 0 Å². The summed E-state index contributed by atoms with van der Waals surface area (Å²) in [6.07, 6.45) is 12.6. The maximum absolute atomic E-state index is 11.6. The van der Waals surface area contributed by atoms with Crippen LogP contribution < -0.4 is 5.32 Å². The second-order valence-electron chi connectivity index (χ2n) is 14.0. The van der Waals surface area contributed by atoms with Crippen LogP contribution >= 0.6 is 0 Å². The molecule has 3 fully saturated rings. The summed E-state index contributed by atoms with van der Waals surface area (Å²) in [6, 6.07) is 0. The van der Waals surface area contributed by atoms with E-state index in [0.29, 0.717) is 23.2 Å². The predicted molar refractivity (Wildman–Crippen MR) is 145 cm³/mol. The van der Waals surface area contributed by atoms with Crippen LogP contribution in [-0.2, 0) is 19.1 Å². The normalized spacial score (nSPS) is 43.0. The van der Waals surface area contributed by atoms with E-state index in [1.165, 1.54) is 37.5 Å². The van der Waals surface area contributed by atoms with Crippen molar-refractivity contribution in [1.29, 1.82) is 0 Å². The molecule has 5 rings (SSSR count). The lowest BCUT2D eigenvalue weighted by Crippen LogP contribution is -2.50. The summed E-state index contributed by atoms with van der Waals surface area (Å²) >= 11 is 0. The van der Waals surface area contributed by atoms with Gasteiger partial charge in [-0.25, -0.2) is 0 Å². The maximum Gasteiger partial charge on any atom is 0.302 e. The number of nitrogens with one attached hydrogen (secondary N) is 1. The fraction of sp³-hybridized carbons (Fsp3) is 0.812. The predicted octanol–water partition coefficient (Wildman–Crippen LogP) is 6.72. The number of rotatable bonds is 6. The number of amides is 1. The number of esters is 1. The number of carbonyl (C=O) groups is 2. The third-order valence-electron chi connectivity index (χ3n) is 11.5. The number of ether oxygens (including phenoxy) is 2. The van der Waals surface area contributed by atoms with Gasteiger partial charge in [-0.2, -0.15) is 0 Å². The molecule has 9 atom stereocenters. The van der Waals surface area contributed by atoms with E-state index >= 15 is 0 Å². The Hall–Kier alpha value is -1.78. The average Bonchev–Trinajstić information content (AvgIpc) is 3.22. The number of hydrogen-bond donors (Lipinski definition) is 1. The maximum atomic E-state index is 11.6. The first kappa shape index (κ1) is 26.8. The highest BCUT2D eigenvalue weighted by atomic mass is 16.5. The van der Waals surface area contributed by atoms with Crippen molar-refractivity contribution in [1.82, 2.24) is 5.32 Å². The van der Waals surface area contributed by atoms with Gasteiger partial charge in [-0.15, -0.1) is 0 Å². The lowest BCUT2D eigenvalue weighted by molar-refractivity contribution is -0.148. The number of hydrogen-bond acceptors (Lipinski definition) is 4. The second-order valence-corrected chi connectivity index (χ2v) is 14.0. The van der Waals surface area contributed by atoms with Gasteiger partial charge in [0.15, 0.2) is 0 Å². The van der Waals surface area contributed by atoms with Crippen molar-refractivity contribution in [3.63, 3.8) is 0 Å². The fourth-order valence-electron chi connectivity index (χ4n) is 9.93. The van der Waals surface area contributed by atoms with Crippen molar-refractivity contribution in [2.45, 2.75) is 118 Å². The van der Waals surface area contributed by atoms with E-state index in [-0.39, 0.29) is 29.0 Å². The molecule has 37 heavy (non-hydrogen) atoms. The van der Waals surface area contributed by atoms with Crippen LogP contribution in [0, 0.1) is 40.4 Å². The van der Waals surface area contributed by atoms with E-state index in [9.17, 15) is 9.59 Å². The lowest BCUT2D eigenvalue weighted by Gasteiger charge is -2.58. The molecule has 3 saturated carbocycles. The first-order valence-corrected chi connectivity index (χ1v) is 14.9. The molecule has 4 aliphatic carbocycles. The van der Waals surface area contributed by atoms with Crippen LogP contribution in [0.1, 0.15) is 106 Å². The van der Waals surface area contributed by atoms with E-state index in [0.717, 1.165) is 56.9 Å². The Bertz CT molecular complexity index is 1010. The Morgan fingerprint density at radius 1 is 1.16 bits per heavy atom. The molecule has 5 heteroatoms. The molecule has 0 unspecified atom stereocenters. The molecule has 1 N–H and O–H groups in total. The summed E-state index contributed by atoms with van der Waals surface area (Å²) in [5.74, 6) is 4.22. The van der Waals surface area contributed by atoms with Crippen molar-refractivity contribution in [3.8, 4) is 0 Å². The van der Waals surface area contributed by atoms with Crippen LogP contribution in [0.4, 0.5) is 0 Å². The molecule has 206 valence electrons. The van der Waals surface area contributed by atoms with Crippen LogP contribution in [0.2, 0.25) is 0 Å². The van der Waals surface area contributed by atoms with E-state index in [1.807, 2.05) is 0 Å². The second kappa shape index (κ2) is 9.45. The van der Waals surface area contributed by atoms with Crippen molar-refractivity contribution >= 4 is 11.9 Å². The summed E-state index contributed by atoms with van der Waals surface area (Å²) in [5, 5.41) is 2.96. The Morgan fingerprint density at radius 3 is 2.62 bits per heavy atom. The van der Waals surface area contributed by atoms with Gasteiger partial charge in [-0.05, 0) is 98.9 Å². The Balaban J connectivity index is 1.32.